The van der Waals surface area contributed by atoms with Crippen LogP contribution in [-0.2, 0) is 4.74 Å². The Hall–Kier alpha value is -0.120. The van der Waals surface area contributed by atoms with Crippen LogP contribution in [0.1, 0.15) is 33.6 Å². The van der Waals surface area contributed by atoms with Gasteiger partial charge >= 0.3 is 0 Å². The molecule has 3 heteroatoms. The third-order valence-corrected chi connectivity index (χ3v) is 2.90. The lowest BCUT2D eigenvalue weighted by atomic mass is 9.94. The fourth-order valence-electron chi connectivity index (χ4n) is 2.72. The Morgan fingerprint density at radius 2 is 2.15 bits per heavy atom. The summed E-state index contributed by atoms with van der Waals surface area (Å²) in [5, 5.41) is 6.92. The maximum atomic E-state index is 6.12. The smallest absolute Gasteiger partial charge is 0.133 e. The van der Waals surface area contributed by atoms with E-state index in [1.54, 1.807) is 0 Å². The first-order chi connectivity index (χ1) is 6.02. The average Bonchev–Trinajstić information content (AvgIpc) is 2.31. The summed E-state index contributed by atoms with van der Waals surface area (Å²) < 4.78 is 6.12. The summed E-state index contributed by atoms with van der Waals surface area (Å²) in [5.74, 6) is 0. The molecule has 2 atom stereocenters. The minimum absolute atomic E-state index is 0.0245. The normalized spacial score (nSPS) is 44.1. The molecule has 2 aliphatic heterocycles. The highest BCUT2D eigenvalue weighted by atomic mass is 16.5. The first kappa shape index (κ1) is 9.44. The van der Waals surface area contributed by atoms with Gasteiger partial charge in [-0.1, -0.05) is 0 Å². The Bertz CT molecular complexity index is 197. The van der Waals surface area contributed by atoms with Crippen LogP contribution in [0.5, 0.6) is 0 Å². The van der Waals surface area contributed by atoms with Gasteiger partial charge in [-0.15, -0.1) is 0 Å². The van der Waals surface area contributed by atoms with E-state index in [0.29, 0.717) is 6.04 Å². The van der Waals surface area contributed by atoms with Gasteiger partial charge in [-0.05, 0) is 33.7 Å². The first-order valence-electron chi connectivity index (χ1n) is 5.20. The molecule has 0 bridgehead atoms. The third-order valence-electron chi connectivity index (χ3n) is 2.90. The fourth-order valence-corrected chi connectivity index (χ4v) is 2.72. The highest BCUT2D eigenvalue weighted by molar-refractivity contribution is 4.96. The van der Waals surface area contributed by atoms with Crippen molar-refractivity contribution >= 4 is 0 Å². The van der Waals surface area contributed by atoms with Gasteiger partial charge in [0.05, 0.1) is 5.60 Å². The predicted molar refractivity (Wildman–Crippen MR) is 52.6 cm³/mol. The monoisotopic (exact) mass is 184 g/mol. The van der Waals surface area contributed by atoms with Gasteiger partial charge in [-0.3, -0.25) is 5.32 Å². The van der Waals surface area contributed by atoms with Crippen LogP contribution >= 0.6 is 0 Å². The number of rotatable bonds is 0. The molecule has 0 aromatic heterocycles. The fraction of sp³-hybridized carbons (Fsp3) is 1.00. The molecule has 0 aromatic carbocycles. The van der Waals surface area contributed by atoms with Crippen molar-refractivity contribution < 1.29 is 4.74 Å². The molecule has 2 rings (SSSR count). The summed E-state index contributed by atoms with van der Waals surface area (Å²) in [5.41, 5.74) is -0.0577. The van der Waals surface area contributed by atoms with E-state index < -0.39 is 0 Å². The van der Waals surface area contributed by atoms with E-state index in [-0.39, 0.29) is 11.3 Å². The maximum absolute atomic E-state index is 6.12. The second-order valence-corrected chi connectivity index (χ2v) is 5.03. The number of ether oxygens (including phenoxy) is 1. The maximum Gasteiger partial charge on any atom is 0.133 e. The summed E-state index contributed by atoms with van der Waals surface area (Å²) in [7, 11) is 0. The third kappa shape index (κ3) is 1.87. The minimum atomic E-state index is -0.0822. The molecular formula is C10H20N2O. The van der Waals surface area contributed by atoms with Gasteiger partial charge in [0.1, 0.15) is 5.72 Å². The second-order valence-electron chi connectivity index (χ2n) is 5.03. The Morgan fingerprint density at radius 1 is 1.38 bits per heavy atom. The quantitative estimate of drug-likeness (QED) is 0.585. The lowest BCUT2D eigenvalue weighted by Gasteiger charge is -2.46. The zero-order valence-corrected chi connectivity index (χ0v) is 8.81. The molecule has 2 saturated heterocycles. The molecule has 2 heterocycles. The lowest BCUT2D eigenvalue weighted by molar-refractivity contribution is -0.186. The average molecular weight is 184 g/mol. The van der Waals surface area contributed by atoms with E-state index >= 15 is 0 Å². The Kier molecular flexibility index (Phi) is 2.13. The predicted octanol–water partition coefficient (Wildman–Crippen LogP) is 0.853. The van der Waals surface area contributed by atoms with Crippen molar-refractivity contribution in [3.63, 3.8) is 0 Å². The van der Waals surface area contributed by atoms with Crippen LogP contribution in [0, 0.1) is 0 Å². The van der Waals surface area contributed by atoms with E-state index in [0.717, 1.165) is 25.9 Å². The Labute approximate surface area is 80.2 Å². The van der Waals surface area contributed by atoms with Crippen LogP contribution in [-0.4, -0.2) is 30.5 Å². The van der Waals surface area contributed by atoms with Crippen molar-refractivity contribution in [3.05, 3.63) is 0 Å². The number of hydrogen-bond donors (Lipinski definition) is 2. The summed E-state index contributed by atoms with van der Waals surface area (Å²) in [6, 6.07) is 0.559. The molecule has 76 valence electrons. The number of hydrogen-bond acceptors (Lipinski definition) is 3. The van der Waals surface area contributed by atoms with Gasteiger partial charge in [0.2, 0.25) is 0 Å². The molecule has 0 aliphatic carbocycles. The molecule has 1 spiro atoms. The van der Waals surface area contributed by atoms with Crippen LogP contribution in [0.2, 0.25) is 0 Å². The Balaban J connectivity index is 2.12. The molecule has 2 fully saturated rings. The van der Waals surface area contributed by atoms with Crippen LogP contribution in [0.15, 0.2) is 0 Å². The molecule has 2 unspecified atom stereocenters. The number of nitrogens with one attached hydrogen (secondary N) is 2. The van der Waals surface area contributed by atoms with Crippen molar-refractivity contribution in [1.82, 2.24) is 10.6 Å². The molecular weight excluding hydrogens is 164 g/mol. The van der Waals surface area contributed by atoms with Crippen molar-refractivity contribution in [3.8, 4) is 0 Å². The first-order valence-corrected chi connectivity index (χ1v) is 5.20. The second kappa shape index (κ2) is 2.94. The van der Waals surface area contributed by atoms with Crippen LogP contribution < -0.4 is 10.6 Å². The molecule has 3 nitrogen and oxygen atoms in total. The van der Waals surface area contributed by atoms with Gasteiger partial charge in [0, 0.05) is 19.0 Å². The van der Waals surface area contributed by atoms with E-state index in [2.05, 4.69) is 31.4 Å². The van der Waals surface area contributed by atoms with Gasteiger partial charge in [-0.2, -0.15) is 0 Å². The molecule has 0 amide bonds. The van der Waals surface area contributed by atoms with Gasteiger partial charge in [0.15, 0.2) is 0 Å². The van der Waals surface area contributed by atoms with E-state index in [1.165, 1.54) is 0 Å². The molecule has 0 radical (unpaired) electrons. The molecule has 13 heavy (non-hydrogen) atoms. The summed E-state index contributed by atoms with van der Waals surface area (Å²) in [4.78, 5) is 0. The van der Waals surface area contributed by atoms with Crippen molar-refractivity contribution in [2.24, 2.45) is 0 Å². The van der Waals surface area contributed by atoms with E-state index in [9.17, 15) is 0 Å². The standard InChI is InChI=1S/C10H20N2O/c1-8-6-9(2,3)13-10(12-8)4-5-11-7-10/h8,11-12H,4-7H2,1-3H3. The highest BCUT2D eigenvalue weighted by Crippen LogP contribution is 2.32. The molecule has 0 aromatic rings. The largest absolute Gasteiger partial charge is 0.353 e. The minimum Gasteiger partial charge on any atom is -0.353 e. The van der Waals surface area contributed by atoms with Gasteiger partial charge < -0.3 is 10.1 Å². The van der Waals surface area contributed by atoms with E-state index in [4.69, 9.17) is 4.74 Å². The van der Waals surface area contributed by atoms with E-state index in [1.807, 2.05) is 0 Å². The summed E-state index contributed by atoms with van der Waals surface area (Å²) in [6.45, 7) is 8.62. The van der Waals surface area contributed by atoms with Crippen molar-refractivity contribution in [2.75, 3.05) is 13.1 Å². The summed E-state index contributed by atoms with van der Waals surface area (Å²) in [6.07, 6.45) is 2.18. The molecule has 2 N–H and O–H groups in total. The summed E-state index contributed by atoms with van der Waals surface area (Å²) >= 11 is 0. The molecule has 0 saturated carbocycles. The van der Waals surface area contributed by atoms with Crippen LogP contribution in [0.4, 0.5) is 0 Å². The Morgan fingerprint density at radius 3 is 2.69 bits per heavy atom. The lowest BCUT2D eigenvalue weighted by Crippen LogP contribution is -2.62. The van der Waals surface area contributed by atoms with Crippen LogP contribution in [0.3, 0.4) is 0 Å². The van der Waals surface area contributed by atoms with Crippen molar-refractivity contribution in [1.29, 1.82) is 0 Å². The van der Waals surface area contributed by atoms with Gasteiger partial charge in [0.25, 0.3) is 0 Å². The highest BCUT2D eigenvalue weighted by Gasteiger charge is 2.44. The SMILES string of the molecule is CC1CC(C)(C)OC2(CCNC2)N1. The van der Waals surface area contributed by atoms with Crippen LogP contribution in [0.25, 0.3) is 0 Å². The zero-order chi connectivity index (χ0) is 9.53. The topological polar surface area (TPSA) is 33.3 Å². The van der Waals surface area contributed by atoms with Crippen molar-refractivity contribution in [2.45, 2.75) is 51.0 Å². The molecule has 2 aliphatic rings. The zero-order valence-electron chi connectivity index (χ0n) is 8.81. The van der Waals surface area contributed by atoms with Gasteiger partial charge in [-0.25, -0.2) is 0 Å².